The van der Waals surface area contributed by atoms with Gasteiger partial charge < -0.3 is 9.64 Å². The molecule has 0 atom stereocenters. The van der Waals surface area contributed by atoms with Gasteiger partial charge in [-0.05, 0) is 43.2 Å². The van der Waals surface area contributed by atoms with Crippen LogP contribution in [0.5, 0.6) is 5.75 Å². The summed E-state index contributed by atoms with van der Waals surface area (Å²) >= 11 is 12.2. The number of halogens is 2. The fourth-order valence-corrected chi connectivity index (χ4v) is 5.00. The number of ether oxygens (including phenoxy) is 1. The summed E-state index contributed by atoms with van der Waals surface area (Å²) < 4.78 is 32.6. The van der Waals surface area contributed by atoms with E-state index in [1.54, 1.807) is 25.2 Å². The van der Waals surface area contributed by atoms with E-state index in [1.807, 2.05) is 6.07 Å². The van der Waals surface area contributed by atoms with E-state index < -0.39 is 10.0 Å². The van der Waals surface area contributed by atoms with Crippen LogP contribution in [-0.4, -0.2) is 56.8 Å². The number of hydrogen-bond donors (Lipinski definition) is 0. The number of hydrogen-bond acceptors (Lipinski definition) is 4. The number of para-hydroxylation sites is 1. The van der Waals surface area contributed by atoms with Crippen LogP contribution >= 0.6 is 23.2 Å². The Morgan fingerprint density at radius 2 is 1.79 bits per heavy atom. The zero-order valence-electron chi connectivity index (χ0n) is 16.0. The molecule has 9 heteroatoms. The van der Waals surface area contributed by atoms with Crippen molar-refractivity contribution in [3.05, 3.63) is 58.1 Å². The summed E-state index contributed by atoms with van der Waals surface area (Å²) in [6.45, 7) is 1.50. The maximum absolute atomic E-state index is 12.8. The van der Waals surface area contributed by atoms with Gasteiger partial charge in [0.2, 0.25) is 10.0 Å². The minimum atomic E-state index is -3.63. The largest absolute Gasteiger partial charge is 0.490 e. The molecule has 0 aromatic heterocycles. The molecule has 0 N–H and O–H groups in total. The Kier molecular flexibility index (Phi) is 7.05. The molecule has 2 aromatic carbocycles. The third-order valence-electron chi connectivity index (χ3n) is 4.74. The van der Waals surface area contributed by atoms with Crippen molar-refractivity contribution in [1.29, 1.82) is 0 Å². The van der Waals surface area contributed by atoms with Crippen LogP contribution < -0.4 is 4.74 Å². The quantitative estimate of drug-likeness (QED) is 0.632. The molecule has 156 valence electrons. The van der Waals surface area contributed by atoms with E-state index >= 15 is 0 Å². The highest BCUT2D eigenvalue weighted by Gasteiger charge is 2.28. The van der Waals surface area contributed by atoms with E-state index in [1.165, 1.54) is 27.4 Å². The van der Waals surface area contributed by atoms with Crippen molar-refractivity contribution in [3.63, 3.8) is 0 Å². The lowest BCUT2D eigenvalue weighted by Gasteiger charge is -2.20. The molecule has 0 aliphatic carbocycles. The molecule has 3 rings (SSSR count). The lowest BCUT2D eigenvalue weighted by atomic mass is 10.2. The third kappa shape index (κ3) is 5.04. The van der Waals surface area contributed by atoms with Gasteiger partial charge in [0.15, 0.2) is 0 Å². The Hall–Kier alpha value is -1.80. The minimum absolute atomic E-state index is 0.0767. The molecule has 0 bridgehead atoms. The fourth-order valence-electron chi connectivity index (χ4n) is 3.07. The van der Waals surface area contributed by atoms with Gasteiger partial charge >= 0.3 is 0 Å². The molecule has 29 heavy (non-hydrogen) atoms. The number of rotatable bonds is 7. The fraction of sp³-hybridized carbons (Fsp3) is 0.350. The highest BCUT2D eigenvalue weighted by molar-refractivity contribution is 7.89. The maximum atomic E-state index is 12.8. The molecule has 2 aromatic rings. The molecule has 0 spiro atoms. The highest BCUT2D eigenvalue weighted by Crippen LogP contribution is 2.26. The van der Waals surface area contributed by atoms with Crippen molar-refractivity contribution in [2.24, 2.45) is 0 Å². The first kappa shape index (κ1) is 21.9. The van der Waals surface area contributed by atoms with Crippen LogP contribution in [0.2, 0.25) is 10.0 Å². The summed E-state index contributed by atoms with van der Waals surface area (Å²) in [5.41, 5.74) is 0.146. The van der Waals surface area contributed by atoms with Crippen LogP contribution in [0.4, 0.5) is 0 Å². The Morgan fingerprint density at radius 1 is 1.10 bits per heavy atom. The Bertz CT molecular complexity index is 992. The SMILES string of the molecule is CN(CCOc1ccccc1Cl)C(=O)c1cc(S(=O)(=O)N2CCCC2)ccc1Cl. The van der Waals surface area contributed by atoms with Gasteiger partial charge in [0.1, 0.15) is 12.4 Å². The van der Waals surface area contributed by atoms with E-state index in [4.69, 9.17) is 27.9 Å². The van der Waals surface area contributed by atoms with E-state index in [-0.39, 0.29) is 34.5 Å². The van der Waals surface area contributed by atoms with Crippen LogP contribution in [0.1, 0.15) is 23.2 Å². The summed E-state index contributed by atoms with van der Waals surface area (Å²) in [5, 5.41) is 0.693. The van der Waals surface area contributed by atoms with Gasteiger partial charge in [-0.25, -0.2) is 8.42 Å². The zero-order valence-corrected chi connectivity index (χ0v) is 18.3. The lowest BCUT2D eigenvalue weighted by Crippen LogP contribution is -2.32. The molecule has 1 heterocycles. The molecular formula is C20H22Cl2N2O4S. The van der Waals surface area contributed by atoms with E-state index in [0.29, 0.717) is 23.9 Å². The summed E-state index contributed by atoms with van der Waals surface area (Å²) in [5.74, 6) is 0.156. The molecule has 6 nitrogen and oxygen atoms in total. The highest BCUT2D eigenvalue weighted by atomic mass is 35.5. The van der Waals surface area contributed by atoms with Crippen LogP contribution in [0.3, 0.4) is 0 Å². The molecular weight excluding hydrogens is 435 g/mol. The van der Waals surface area contributed by atoms with E-state index in [9.17, 15) is 13.2 Å². The second-order valence-corrected chi connectivity index (χ2v) is 9.51. The van der Waals surface area contributed by atoms with Gasteiger partial charge in [0, 0.05) is 20.1 Å². The molecule has 0 radical (unpaired) electrons. The normalized spacial score (nSPS) is 14.7. The van der Waals surface area contributed by atoms with Crippen molar-refractivity contribution in [3.8, 4) is 5.75 Å². The summed E-state index contributed by atoms with van der Waals surface area (Å²) in [6.07, 6.45) is 1.68. The second kappa shape index (κ2) is 9.34. The number of carbonyl (C=O) groups excluding carboxylic acids is 1. The molecule has 0 saturated carbocycles. The molecule has 1 fully saturated rings. The van der Waals surface area contributed by atoms with Gasteiger partial charge in [-0.1, -0.05) is 35.3 Å². The first-order valence-electron chi connectivity index (χ1n) is 9.23. The van der Waals surface area contributed by atoms with Crippen molar-refractivity contribution >= 4 is 39.1 Å². The van der Waals surface area contributed by atoms with Crippen LogP contribution in [0.25, 0.3) is 0 Å². The Morgan fingerprint density at radius 3 is 2.48 bits per heavy atom. The lowest BCUT2D eigenvalue weighted by molar-refractivity contribution is 0.0773. The molecule has 1 amide bonds. The van der Waals surface area contributed by atoms with Crippen molar-refractivity contribution in [2.45, 2.75) is 17.7 Å². The smallest absolute Gasteiger partial charge is 0.255 e. The van der Waals surface area contributed by atoms with Crippen molar-refractivity contribution < 1.29 is 17.9 Å². The maximum Gasteiger partial charge on any atom is 0.255 e. The van der Waals surface area contributed by atoms with Crippen LogP contribution in [0.15, 0.2) is 47.4 Å². The van der Waals surface area contributed by atoms with Crippen LogP contribution in [0, 0.1) is 0 Å². The Labute approximate surface area is 181 Å². The van der Waals surface area contributed by atoms with E-state index in [0.717, 1.165) is 12.8 Å². The van der Waals surface area contributed by atoms with Crippen molar-refractivity contribution in [1.82, 2.24) is 9.21 Å². The topological polar surface area (TPSA) is 66.9 Å². The monoisotopic (exact) mass is 456 g/mol. The molecule has 1 aliphatic heterocycles. The molecule has 0 unspecified atom stereocenters. The van der Waals surface area contributed by atoms with Gasteiger partial charge in [-0.15, -0.1) is 0 Å². The average molecular weight is 457 g/mol. The van der Waals surface area contributed by atoms with E-state index in [2.05, 4.69) is 0 Å². The predicted octanol–water partition coefficient (Wildman–Crippen LogP) is 3.93. The molecule has 1 saturated heterocycles. The van der Waals surface area contributed by atoms with Gasteiger partial charge in [0.05, 0.1) is 27.0 Å². The van der Waals surface area contributed by atoms with Crippen LogP contribution in [-0.2, 0) is 10.0 Å². The first-order chi connectivity index (χ1) is 13.8. The average Bonchev–Trinajstić information content (AvgIpc) is 3.25. The third-order valence-corrected chi connectivity index (χ3v) is 7.28. The number of likely N-dealkylation sites (N-methyl/N-ethyl adjacent to an activating group) is 1. The summed E-state index contributed by atoms with van der Waals surface area (Å²) in [7, 11) is -2.02. The zero-order chi connectivity index (χ0) is 21.0. The first-order valence-corrected chi connectivity index (χ1v) is 11.4. The Balaban J connectivity index is 1.70. The predicted molar refractivity (Wildman–Crippen MR) is 113 cm³/mol. The second-order valence-electron chi connectivity index (χ2n) is 6.76. The van der Waals surface area contributed by atoms with Gasteiger partial charge in [0.25, 0.3) is 5.91 Å². The van der Waals surface area contributed by atoms with Gasteiger partial charge in [-0.3, -0.25) is 4.79 Å². The summed E-state index contributed by atoms with van der Waals surface area (Å²) in [4.78, 5) is 14.3. The molecule has 1 aliphatic rings. The minimum Gasteiger partial charge on any atom is -0.490 e. The summed E-state index contributed by atoms with van der Waals surface area (Å²) in [6, 6.07) is 11.3. The standard InChI is InChI=1S/C20H22Cl2N2O4S/c1-23(12-13-28-19-7-3-2-6-18(19)22)20(25)16-14-15(8-9-17(16)21)29(26,27)24-10-4-5-11-24/h2-3,6-9,14H,4-5,10-13H2,1H3. The number of sulfonamides is 1. The van der Waals surface area contributed by atoms with Gasteiger partial charge in [-0.2, -0.15) is 4.31 Å². The number of nitrogens with zero attached hydrogens (tertiary/aromatic N) is 2. The van der Waals surface area contributed by atoms with Crippen molar-refractivity contribution in [2.75, 3.05) is 33.3 Å². The number of amides is 1. The number of carbonyl (C=O) groups is 1. The number of benzene rings is 2.